The van der Waals surface area contributed by atoms with E-state index < -0.39 is 0 Å². The topological polar surface area (TPSA) is 29.1 Å². The number of carbonyl (C=O) groups is 1. The quantitative estimate of drug-likeness (QED) is 0.797. The number of halogens is 2. The number of hydrogen-bond donors (Lipinski definition) is 1. The summed E-state index contributed by atoms with van der Waals surface area (Å²) in [5.41, 5.74) is 1.93. The molecule has 0 fully saturated rings. The van der Waals surface area contributed by atoms with Crippen molar-refractivity contribution in [1.29, 1.82) is 0 Å². The van der Waals surface area contributed by atoms with Crippen molar-refractivity contribution in [3.05, 3.63) is 33.8 Å². The van der Waals surface area contributed by atoms with Crippen molar-refractivity contribution in [1.82, 2.24) is 5.32 Å². The predicted molar refractivity (Wildman–Crippen MR) is 84.9 cm³/mol. The Labute approximate surface area is 129 Å². The summed E-state index contributed by atoms with van der Waals surface area (Å²) < 4.78 is 0.942. The highest BCUT2D eigenvalue weighted by molar-refractivity contribution is 9.10. The second-order valence-electron chi connectivity index (χ2n) is 6.04. The van der Waals surface area contributed by atoms with Crippen molar-refractivity contribution in [2.45, 2.75) is 39.5 Å². The van der Waals surface area contributed by atoms with Gasteiger partial charge in [0.2, 0.25) is 0 Å². The molecule has 1 N–H and O–H groups in total. The van der Waals surface area contributed by atoms with Crippen molar-refractivity contribution < 1.29 is 4.79 Å². The molecule has 1 unspecified atom stereocenters. The van der Waals surface area contributed by atoms with Crippen LogP contribution in [0, 0.1) is 12.3 Å². The lowest BCUT2D eigenvalue weighted by Gasteiger charge is -2.22. The Morgan fingerprint density at radius 3 is 2.58 bits per heavy atom. The number of rotatable bonds is 4. The lowest BCUT2D eigenvalue weighted by Crippen LogP contribution is -2.31. The molecule has 1 amide bonds. The number of benzene rings is 1. The zero-order chi connectivity index (χ0) is 14.6. The first kappa shape index (κ1) is 16.5. The molecular formula is C15H21BrClNO. The lowest BCUT2D eigenvalue weighted by molar-refractivity contribution is 0.0952. The third-order valence-electron chi connectivity index (χ3n) is 2.75. The molecule has 1 rings (SSSR count). The maximum Gasteiger partial charge on any atom is 0.251 e. The minimum atomic E-state index is -0.0831. The van der Waals surface area contributed by atoms with Crippen LogP contribution in [0.1, 0.15) is 43.1 Å². The summed E-state index contributed by atoms with van der Waals surface area (Å²) in [6, 6.07) is 5.58. The Morgan fingerprint density at radius 1 is 1.42 bits per heavy atom. The molecule has 0 aliphatic carbocycles. The van der Waals surface area contributed by atoms with E-state index in [0.717, 1.165) is 16.5 Å². The number of carbonyl (C=O) groups excluding carboxylic acids is 1. The molecule has 0 heterocycles. The van der Waals surface area contributed by atoms with Gasteiger partial charge in [0.1, 0.15) is 0 Å². The number of aryl methyl sites for hydroxylation is 1. The minimum Gasteiger partial charge on any atom is -0.351 e. The summed E-state index contributed by atoms with van der Waals surface area (Å²) in [5.74, 6) is -0.0831. The molecule has 106 valence electrons. The largest absolute Gasteiger partial charge is 0.351 e. The van der Waals surface area contributed by atoms with Crippen LogP contribution in [-0.4, -0.2) is 17.8 Å². The highest BCUT2D eigenvalue weighted by atomic mass is 79.9. The van der Waals surface area contributed by atoms with E-state index in [1.54, 1.807) is 0 Å². The smallest absolute Gasteiger partial charge is 0.251 e. The van der Waals surface area contributed by atoms with Crippen LogP contribution in [0.2, 0.25) is 0 Å². The summed E-state index contributed by atoms with van der Waals surface area (Å²) in [6.45, 7) is 8.90. The van der Waals surface area contributed by atoms with Gasteiger partial charge in [-0.3, -0.25) is 4.79 Å². The van der Waals surface area contributed by atoms with Gasteiger partial charge in [0, 0.05) is 16.6 Å². The molecule has 0 saturated carbocycles. The molecule has 0 bridgehead atoms. The number of hydrogen-bond acceptors (Lipinski definition) is 1. The van der Waals surface area contributed by atoms with E-state index in [1.165, 1.54) is 0 Å². The Balaban J connectivity index is 2.53. The Morgan fingerprint density at radius 2 is 2.05 bits per heavy atom. The molecule has 0 aromatic heterocycles. The fourth-order valence-corrected chi connectivity index (χ4v) is 2.70. The zero-order valence-corrected chi connectivity index (χ0v) is 14.2. The predicted octanol–water partition coefficient (Wildman–Crippen LogP) is 4.53. The summed E-state index contributed by atoms with van der Waals surface area (Å²) in [6.07, 6.45) is 0.867. The van der Waals surface area contributed by atoms with Gasteiger partial charge in [-0.2, -0.15) is 0 Å². The molecule has 19 heavy (non-hydrogen) atoms. The number of alkyl halides is 1. The number of amides is 1. The van der Waals surface area contributed by atoms with Crippen LogP contribution in [0.4, 0.5) is 0 Å². The highest BCUT2D eigenvalue weighted by Gasteiger charge is 2.17. The van der Waals surface area contributed by atoms with Gasteiger partial charge in [-0.15, -0.1) is 11.6 Å². The molecule has 1 aromatic rings. The first-order valence-corrected chi connectivity index (χ1v) is 7.60. The summed E-state index contributed by atoms with van der Waals surface area (Å²) in [5, 5.41) is 2.83. The highest BCUT2D eigenvalue weighted by Crippen LogP contribution is 2.23. The van der Waals surface area contributed by atoms with E-state index in [1.807, 2.05) is 25.1 Å². The Bertz CT molecular complexity index is 454. The van der Waals surface area contributed by atoms with Gasteiger partial charge in [-0.05, 0) is 36.5 Å². The van der Waals surface area contributed by atoms with Crippen LogP contribution in [0.5, 0.6) is 0 Å². The standard InChI is InChI=1S/C15H21BrClNO/c1-10-5-6-11(7-13(10)16)14(19)18-9-12(17)8-15(2,3)4/h5-7,12H,8-9H2,1-4H3,(H,18,19). The van der Waals surface area contributed by atoms with Crippen LogP contribution < -0.4 is 5.32 Å². The fourth-order valence-electron chi connectivity index (χ4n) is 1.78. The second kappa shape index (κ2) is 6.76. The average molecular weight is 347 g/mol. The van der Waals surface area contributed by atoms with Gasteiger partial charge < -0.3 is 5.32 Å². The third kappa shape index (κ3) is 5.96. The van der Waals surface area contributed by atoms with Gasteiger partial charge in [0.15, 0.2) is 0 Å². The summed E-state index contributed by atoms with van der Waals surface area (Å²) in [4.78, 5) is 12.0. The van der Waals surface area contributed by atoms with Crippen molar-refractivity contribution in [3.8, 4) is 0 Å². The third-order valence-corrected chi connectivity index (χ3v) is 3.91. The molecule has 0 radical (unpaired) electrons. The monoisotopic (exact) mass is 345 g/mol. The molecule has 2 nitrogen and oxygen atoms in total. The van der Waals surface area contributed by atoms with Gasteiger partial charge in [0.05, 0.1) is 5.38 Å². The lowest BCUT2D eigenvalue weighted by atomic mass is 9.90. The van der Waals surface area contributed by atoms with Crippen LogP contribution >= 0.6 is 27.5 Å². The second-order valence-corrected chi connectivity index (χ2v) is 7.51. The van der Waals surface area contributed by atoms with E-state index in [-0.39, 0.29) is 16.7 Å². The van der Waals surface area contributed by atoms with Gasteiger partial charge in [0.25, 0.3) is 5.91 Å². The van der Waals surface area contributed by atoms with Gasteiger partial charge in [-0.1, -0.05) is 42.8 Å². The maximum atomic E-state index is 12.0. The summed E-state index contributed by atoms with van der Waals surface area (Å²) in [7, 11) is 0. The Hall–Kier alpha value is -0.540. The minimum absolute atomic E-state index is 0.0437. The normalized spacial score (nSPS) is 13.2. The first-order chi connectivity index (χ1) is 8.69. The molecule has 0 spiro atoms. The SMILES string of the molecule is Cc1ccc(C(=O)NCC(Cl)CC(C)(C)C)cc1Br. The molecule has 1 atom stereocenters. The van der Waals surface area contributed by atoms with Gasteiger partial charge in [-0.25, -0.2) is 0 Å². The molecule has 0 saturated heterocycles. The van der Waals surface area contributed by atoms with E-state index in [4.69, 9.17) is 11.6 Å². The number of nitrogens with one attached hydrogen (secondary N) is 1. The van der Waals surface area contributed by atoms with Crippen LogP contribution in [0.25, 0.3) is 0 Å². The molecule has 1 aromatic carbocycles. The first-order valence-electron chi connectivity index (χ1n) is 6.37. The van der Waals surface area contributed by atoms with Crippen LogP contribution in [-0.2, 0) is 0 Å². The molecule has 0 aliphatic rings. The van der Waals surface area contributed by atoms with Crippen molar-refractivity contribution in [2.24, 2.45) is 5.41 Å². The Kier molecular flexibility index (Phi) is 5.87. The van der Waals surface area contributed by atoms with Gasteiger partial charge >= 0.3 is 0 Å². The van der Waals surface area contributed by atoms with Crippen molar-refractivity contribution >= 4 is 33.4 Å². The maximum absolute atomic E-state index is 12.0. The molecule has 0 aliphatic heterocycles. The van der Waals surface area contributed by atoms with E-state index >= 15 is 0 Å². The molecular weight excluding hydrogens is 326 g/mol. The van der Waals surface area contributed by atoms with Crippen molar-refractivity contribution in [2.75, 3.05) is 6.54 Å². The van der Waals surface area contributed by atoms with Crippen LogP contribution in [0.15, 0.2) is 22.7 Å². The van der Waals surface area contributed by atoms with E-state index in [9.17, 15) is 4.79 Å². The molecule has 4 heteroatoms. The van der Waals surface area contributed by atoms with E-state index in [0.29, 0.717) is 12.1 Å². The average Bonchev–Trinajstić information content (AvgIpc) is 2.27. The summed E-state index contributed by atoms with van der Waals surface area (Å²) >= 11 is 9.66. The fraction of sp³-hybridized carbons (Fsp3) is 0.533. The van der Waals surface area contributed by atoms with Crippen LogP contribution in [0.3, 0.4) is 0 Å². The van der Waals surface area contributed by atoms with E-state index in [2.05, 4.69) is 42.0 Å². The zero-order valence-electron chi connectivity index (χ0n) is 11.9. The van der Waals surface area contributed by atoms with Crippen molar-refractivity contribution in [3.63, 3.8) is 0 Å².